The van der Waals surface area contributed by atoms with Gasteiger partial charge in [0.25, 0.3) is 0 Å². The molecule has 0 spiro atoms. The Bertz CT molecular complexity index is 3430. The maximum atomic E-state index is 13.9. The van der Waals surface area contributed by atoms with Gasteiger partial charge in [0.15, 0.2) is 23.0 Å². The van der Waals surface area contributed by atoms with Gasteiger partial charge >= 0.3 is 0 Å². The Hall–Kier alpha value is -6.90. The van der Waals surface area contributed by atoms with E-state index in [9.17, 15) is 50.6 Å². The van der Waals surface area contributed by atoms with Crippen molar-refractivity contribution < 1.29 is 69.6 Å². The van der Waals surface area contributed by atoms with Gasteiger partial charge in [0.1, 0.15) is 23.8 Å². The first kappa shape index (κ1) is 72.2. The van der Waals surface area contributed by atoms with Crippen molar-refractivity contribution in [1.82, 2.24) is 35.2 Å². The Labute approximate surface area is 533 Å². The number of aliphatic hydroxyl groups is 2. The quantitative estimate of drug-likeness (QED) is 0.0251. The summed E-state index contributed by atoms with van der Waals surface area (Å²) in [5, 5.41) is 37.4. The standard InChI is InChI=1S/C36H47FN4O7S.C29H40ClN3O7S/c1-24(2)21-41(49(45,46)28-14-15-31-32(18-28)48-23-47-31)22-30(42)29(17-25-10-7-6-8-11-25)39-35(44)34(36(3,4)5)40-33(43)20-38-19-26-12-9-13-27(37)16-26;1-19(2)16-33(41(37,38)21-11-12-24-25(14-21)40-18-39-24)17-23(34)22(13-20-9-7-6-8-10-20)31-28(36)27(29(3,4)5)32-26(35)15-30/h6-16,18,24,29-30,34,38,42H,17,19-23H2,1-5H3,(H,39,44)(H,40,43);6-12,14,19,22-23,27,34H,13,15-18H2,1-5H3,(H,31,36)(H,32,35)/t29?,30-,34-;22?,23-,27-/m11/s1. The van der Waals surface area contributed by atoms with Crippen LogP contribution in [0.25, 0.3) is 0 Å². The Kier molecular flexibility index (Phi) is 26.0. The fourth-order valence-electron chi connectivity index (χ4n) is 9.96. The van der Waals surface area contributed by atoms with E-state index in [4.69, 9.17) is 30.5 Å². The average molecular weight is 1310 g/mol. The number of alkyl halides is 1. The lowest BCUT2D eigenvalue weighted by Crippen LogP contribution is -2.59. The minimum absolute atomic E-state index is 0.00441. The second kappa shape index (κ2) is 32.4. The molecule has 2 unspecified atom stereocenters. The molecule has 6 atom stereocenters. The molecule has 5 aromatic carbocycles. The highest BCUT2D eigenvalue weighted by Crippen LogP contribution is 2.37. The van der Waals surface area contributed by atoms with Crippen molar-refractivity contribution in [3.63, 3.8) is 0 Å². The summed E-state index contributed by atoms with van der Waals surface area (Å²) in [4.78, 5) is 52.5. The van der Waals surface area contributed by atoms with Gasteiger partial charge in [-0.3, -0.25) is 19.2 Å². The fourth-order valence-corrected chi connectivity index (χ4v) is 13.3. The van der Waals surface area contributed by atoms with Gasteiger partial charge in [-0.05, 0) is 88.6 Å². The number of sulfonamides is 2. The molecule has 492 valence electrons. The Morgan fingerprint density at radius 3 is 1.32 bits per heavy atom. The molecule has 7 N–H and O–H groups in total. The number of hydrogen-bond acceptors (Lipinski definition) is 15. The van der Waals surface area contributed by atoms with Crippen LogP contribution in [-0.4, -0.2) is 148 Å². The van der Waals surface area contributed by atoms with E-state index in [0.29, 0.717) is 28.6 Å². The van der Waals surface area contributed by atoms with Gasteiger partial charge in [-0.15, -0.1) is 11.6 Å². The first-order chi connectivity index (χ1) is 42.3. The molecule has 21 nitrogen and oxygen atoms in total. The molecule has 0 aromatic heterocycles. The SMILES string of the molecule is CC(C)CN(C[C@@H](O)C(Cc1ccccc1)NC(=O)[C@@H](NC(=O)CCl)C(C)(C)C)S(=O)(=O)c1ccc2c(c1)OCO2.CC(C)CN(C[C@@H](O)C(Cc1ccccc1)NC(=O)[C@@H](NC(=O)CNCc1cccc(F)c1)C(C)(C)C)S(=O)(=O)c1ccc2c(c1)OCO2. The number of ether oxygens (including phenoxy) is 4. The summed E-state index contributed by atoms with van der Waals surface area (Å²) in [5.41, 5.74) is 0.932. The van der Waals surface area contributed by atoms with Crippen LogP contribution in [-0.2, 0) is 58.6 Å². The van der Waals surface area contributed by atoms with E-state index in [0.717, 1.165) is 11.1 Å². The molecule has 0 bridgehead atoms. The van der Waals surface area contributed by atoms with Gasteiger partial charge < -0.3 is 55.7 Å². The second-order valence-corrected chi connectivity index (χ2v) is 29.4. The topological polar surface area (TPSA) is 281 Å². The lowest BCUT2D eigenvalue weighted by molar-refractivity contribution is -0.132. The van der Waals surface area contributed by atoms with Crippen LogP contribution in [0.15, 0.2) is 131 Å². The zero-order chi connectivity index (χ0) is 66.1. The molecule has 0 saturated heterocycles. The number of carbonyl (C=O) groups is 4. The zero-order valence-electron chi connectivity index (χ0n) is 52.7. The molecular formula is C65H87ClFN7O14S2. The van der Waals surface area contributed by atoms with Gasteiger partial charge in [-0.1, -0.05) is 142 Å². The molecular weight excluding hydrogens is 1220 g/mol. The van der Waals surface area contributed by atoms with Crippen LogP contribution in [0.1, 0.15) is 85.9 Å². The summed E-state index contributed by atoms with van der Waals surface area (Å²) in [5.74, 6) is -1.23. The summed E-state index contributed by atoms with van der Waals surface area (Å²) < 4.78 is 92.8. The number of rotatable bonds is 29. The maximum Gasteiger partial charge on any atom is 0.243 e. The third kappa shape index (κ3) is 21.1. The predicted molar refractivity (Wildman–Crippen MR) is 340 cm³/mol. The first-order valence-electron chi connectivity index (χ1n) is 29.8. The molecule has 5 aromatic rings. The molecule has 7 rings (SSSR count). The van der Waals surface area contributed by atoms with Crippen LogP contribution < -0.4 is 45.5 Å². The maximum absolute atomic E-state index is 13.9. The summed E-state index contributed by atoms with van der Waals surface area (Å²) in [6.07, 6.45) is -2.18. The molecule has 25 heteroatoms. The summed E-state index contributed by atoms with van der Waals surface area (Å²) in [7, 11) is -8.15. The smallest absolute Gasteiger partial charge is 0.243 e. The average Bonchev–Trinajstić information content (AvgIpc) is 1.36. The third-order valence-electron chi connectivity index (χ3n) is 14.6. The Morgan fingerprint density at radius 2 is 0.933 bits per heavy atom. The normalized spacial score (nSPS) is 15.1. The van der Waals surface area contributed by atoms with Crippen LogP contribution >= 0.6 is 11.6 Å². The number of amides is 4. The minimum Gasteiger partial charge on any atom is -0.454 e. The van der Waals surface area contributed by atoms with E-state index >= 15 is 0 Å². The number of nitrogens with zero attached hydrogens (tertiary/aromatic N) is 2. The number of fused-ring (bicyclic) bond motifs is 2. The second-order valence-electron chi connectivity index (χ2n) is 25.3. The van der Waals surface area contributed by atoms with E-state index in [1.807, 2.05) is 109 Å². The van der Waals surface area contributed by atoms with Crippen molar-refractivity contribution in [2.24, 2.45) is 22.7 Å². The van der Waals surface area contributed by atoms with Gasteiger partial charge in [-0.25, -0.2) is 21.2 Å². The largest absolute Gasteiger partial charge is 0.454 e. The van der Waals surface area contributed by atoms with Gasteiger partial charge in [0.2, 0.25) is 57.3 Å². The number of carbonyl (C=O) groups excluding carboxylic acids is 4. The Balaban J connectivity index is 0.000000291. The number of hydrogen-bond donors (Lipinski definition) is 7. The molecule has 0 aliphatic carbocycles. The lowest BCUT2D eigenvalue weighted by atomic mass is 9.85. The number of nitrogens with one attached hydrogen (secondary N) is 5. The van der Waals surface area contributed by atoms with Crippen molar-refractivity contribution in [2.45, 2.75) is 135 Å². The lowest BCUT2D eigenvalue weighted by Gasteiger charge is -2.34. The van der Waals surface area contributed by atoms with Crippen LogP contribution in [0.3, 0.4) is 0 Å². The number of aliphatic hydroxyl groups excluding tert-OH is 2. The zero-order valence-corrected chi connectivity index (χ0v) is 55.1. The van der Waals surface area contributed by atoms with Crippen LogP contribution in [0.4, 0.5) is 4.39 Å². The Morgan fingerprint density at radius 1 is 0.533 bits per heavy atom. The highest BCUT2D eigenvalue weighted by atomic mass is 35.5. The van der Waals surface area contributed by atoms with E-state index in [2.05, 4.69) is 26.6 Å². The van der Waals surface area contributed by atoms with Crippen LogP contribution in [0.2, 0.25) is 0 Å². The summed E-state index contributed by atoms with van der Waals surface area (Å²) in [6.45, 7) is 18.2. The highest BCUT2D eigenvalue weighted by Gasteiger charge is 2.39. The number of benzene rings is 5. The van der Waals surface area contributed by atoms with E-state index in [-0.39, 0.29) is 99.0 Å². The molecule has 0 saturated carbocycles. The van der Waals surface area contributed by atoms with Crippen molar-refractivity contribution in [1.29, 1.82) is 0 Å². The molecule has 0 fully saturated rings. The van der Waals surface area contributed by atoms with Crippen molar-refractivity contribution in [3.8, 4) is 23.0 Å². The molecule has 2 aliphatic heterocycles. The van der Waals surface area contributed by atoms with Crippen LogP contribution in [0, 0.1) is 28.5 Å². The fraction of sp³-hybridized carbons (Fsp3) is 0.477. The monoisotopic (exact) mass is 1310 g/mol. The molecule has 2 heterocycles. The van der Waals surface area contributed by atoms with E-state index in [1.165, 1.54) is 51.1 Å². The minimum atomic E-state index is -4.09. The highest BCUT2D eigenvalue weighted by molar-refractivity contribution is 7.89. The summed E-state index contributed by atoms with van der Waals surface area (Å²) >= 11 is 5.68. The van der Waals surface area contributed by atoms with Crippen molar-refractivity contribution in [2.75, 3.05) is 52.2 Å². The number of halogens is 2. The van der Waals surface area contributed by atoms with E-state index in [1.54, 1.807) is 39.0 Å². The first-order valence-corrected chi connectivity index (χ1v) is 33.2. The molecule has 0 radical (unpaired) electrons. The summed E-state index contributed by atoms with van der Waals surface area (Å²) in [6, 6.07) is 29.6. The van der Waals surface area contributed by atoms with Gasteiger partial charge in [0, 0.05) is 44.9 Å². The van der Waals surface area contributed by atoms with Gasteiger partial charge in [-0.2, -0.15) is 8.61 Å². The molecule has 4 amide bonds. The van der Waals surface area contributed by atoms with E-state index < -0.39 is 90.9 Å². The van der Waals surface area contributed by atoms with Crippen molar-refractivity contribution in [3.05, 3.63) is 144 Å². The van der Waals surface area contributed by atoms with Crippen LogP contribution in [0.5, 0.6) is 23.0 Å². The van der Waals surface area contributed by atoms with Gasteiger partial charge in [0.05, 0.1) is 40.6 Å². The third-order valence-corrected chi connectivity index (χ3v) is 18.5. The predicted octanol–water partition coefficient (Wildman–Crippen LogP) is 6.53. The molecule has 2 aliphatic rings. The van der Waals surface area contributed by atoms with Crippen molar-refractivity contribution >= 4 is 55.3 Å². The molecule has 90 heavy (non-hydrogen) atoms.